The maximum atomic E-state index is 11.5. The summed E-state index contributed by atoms with van der Waals surface area (Å²) in [6.45, 7) is 0. The Hall–Kier alpha value is -0.350. The summed E-state index contributed by atoms with van der Waals surface area (Å²) in [5.41, 5.74) is 2.96. The Labute approximate surface area is 113 Å². The monoisotopic (exact) mass is 348 g/mol. The summed E-state index contributed by atoms with van der Waals surface area (Å²) >= 11 is 6.81. The number of alkyl halides is 2. The van der Waals surface area contributed by atoms with Crippen LogP contribution < -0.4 is 0 Å². The lowest BCUT2D eigenvalue weighted by Gasteiger charge is -2.07. The molecule has 0 aliphatic heterocycles. The Bertz CT molecular complexity index is 340. The number of carbonyl (C=O) groups is 1. The van der Waals surface area contributed by atoms with Crippen molar-refractivity contribution in [2.75, 3.05) is 17.8 Å². The van der Waals surface area contributed by atoms with Gasteiger partial charge in [0.15, 0.2) is 0 Å². The van der Waals surface area contributed by atoms with Crippen LogP contribution in [-0.2, 0) is 17.6 Å². The van der Waals surface area contributed by atoms with Gasteiger partial charge < -0.3 is 4.74 Å². The van der Waals surface area contributed by atoms with Crippen molar-refractivity contribution in [3.63, 3.8) is 0 Å². The molecule has 0 fully saturated rings. The molecule has 0 spiro atoms. The van der Waals surface area contributed by atoms with Crippen molar-refractivity contribution < 1.29 is 9.53 Å². The van der Waals surface area contributed by atoms with Gasteiger partial charge in [-0.1, -0.05) is 37.9 Å². The number of benzene rings is 1. The van der Waals surface area contributed by atoms with E-state index < -0.39 is 0 Å². The zero-order valence-corrected chi connectivity index (χ0v) is 12.3. The molecule has 0 amide bonds. The van der Waals surface area contributed by atoms with Crippen molar-refractivity contribution in [3.8, 4) is 0 Å². The molecule has 0 N–H and O–H groups in total. The summed E-state index contributed by atoms with van der Waals surface area (Å²) in [7, 11) is 1.41. The lowest BCUT2D eigenvalue weighted by molar-refractivity contribution is 0.0600. The molecule has 0 heterocycles. The molecule has 88 valence electrons. The third kappa shape index (κ3) is 3.91. The van der Waals surface area contributed by atoms with E-state index in [0.29, 0.717) is 5.56 Å². The van der Waals surface area contributed by atoms with Gasteiger partial charge in [0.1, 0.15) is 0 Å². The summed E-state index contributed by atoms with van der Waals surface area (Å²) in [5.74, 6) is -0.271. The van der Waals surface area contributed by atoms with Crippen LogP contribution in [0.4, 0.5) is 0 Å². The molecule has 4 heteroatoms. The predicted molar refractivity (Wildman–Crippen MR) is 72.8 cm³/mol. The van der Waals surface area contributed by atoms with E-state index >= 15 is 0 Å². The smallest absolute Gasteiger partial charge is 0.337 e. The molecule has 0 radical (unpaired) electrons. The zero-order chi connectivity index (χ0) is 12.0. The molecule has 1 aromatic rings. The van der Waals surface area contributed by atoms with Gasteiger partial charge in [-0.3, -0.25) is 0 Å². The molecule has 1 aromatic carbocycles. The quantitative estimate of drug-likeness (QED) is 0.602. The van der Waals surface area contributed by atoms with Gasteiger partial charge in [0, 0.05) is 10.7 Å². The Balaban J connectivity index is 3.02. The zero-order valence-electron chi connectivity index (χ0n) is 9.13. The van der Waals surface area contributed by atoms with Crippen molar-refractivity contribution in [1.29, 1.82) is 0 Å². The van der Waals surface area contributed by atoms with Gasteiger partial charge in [-0.25, -0.2) is 4.79 Å². The summed E-state index contributed by atoms with van der Waals surface area (Å²) in [5, 5.41) is 1.79. The molecular weight excluding hydrogens is 336 g/mol. The minimum Gasteiger partial charge on any atom is -0.465 e. The standard InChI is InChI=1S/C12H14Br2O2/c1-16-12(15)11-7-9(2-4-13)6-10(8-11)3-5-14/h6-8H,2-5H2,1H3. The average Bonchev–Trinajstić information content (AvgIpc) is 2.28. The topological polar surface area (TPSA) is 26.3 Å². The summed E-state index contributed by atoms with van der Waals surface area (Å²) < 4.78 is 4.74. The second-order valence-electron chi connectivity index (χ2n) is 3.41. The van der Waals surface area contributed by atoms with Crippen molar-refractivity contribution >= 4 is 37.8 Å². The molecule has 0 bridgehead atoms. The highest BCUT2D eigenvalue weighted by molar-refractivity contribution is 9.09. The first-order valence-corrected chi connectivity index (χ1v) is 7.28. The molecule has 0 saturated carbocycles. The van der Waals surface area contributed by atoms with E-state index in [9.17, 15) is 4.79 Å². The van der Waals surface area contributed by atoms with Gasteiger partial charge in [-0.05, 0) is 36.1 Å². The summed E-state index contributed by atoms with van der Waals surface area (Å²) in [6.07, 6.45) is 1.83. The minimum absolute atomic E-state index is 0.271. The summed E-state index contributed by atoms with van der Waals surface area (Å²) in [4.78, 5) is 11.5. The van der Waals surface area contributed by atoms with Crippen LogP contribution >= 0.6 is 31.9 Å². The van der Waals surface area contributed by atoms with Crippen molar-refractivity contribution in [2.24, 2.45) is 0 Å². The number of aryl methyl sites for hydroxylation is 2. The number of hydrogen-bond acceptors (Lipinski definition) is 2. The first kappa shape index (κ1) is 13.7. The lowest BCUT2D eigenvalue weighted by Crippen LogP contribution is -2.04. The number of ether oxygens (including phenoxy) is 1. The highest BCUT2D eigenvalue weighted by Crippen LogP contribution is 2.14. The molecule has 16 heavy (non-hydrogen) atoms. The molecule has 0 saturated heterocycles. The van der Waals surface area contributed by atoms with Gasteiger partial charge in [0.25, 0.3) is 0 Å². The molecule has 1 rings (SSSR count). The Morgan fingerprint density at radius 2 is 1.62 bits per heavy atom. The number of esters is 1. The Morgan fingerprint density at radius 3 is 2.00 bits per heavy atom. The number of hydrogen-bond donors (Lipinski definition) is 0. The largest absolute Gasteiger partial charge is 0.465 e. The van der Waals surface area contributed by atoms with E-state index in [0.717, 1.165) is 34.6 Å². The van der Waals surface area contributed by atoms with E-state index in [4.69, 9.17) is 4.74 Å². The molecule has 0 aliphatic rings. The van der Waals surface area contributed by atoms with Crippen LogP contribution in [0.2, 0.25) is 0 Å². The van der Waals surface area contributed by atoms with Crippen LogP contribution in [0, 0.1) is 0 Å². The van der Waals surface area contributed by atoms with E-state index in [1.54, 1.807) is 0 Å². The van der Waals surface area contributed by atoms with Crippen molar-refractivity contribution in [2.45, 2.75) is 12.8 Å². The van der Waals surface area contributed by atoms with E-state index in [-0.39, 0.29) is 5.97 Å². The number of methoxy groups -OCH3 is 1. The van der Waals surface area contributed by atoms with Crippen LogP contribution in [0.25, 0.3) is 0 Å². The first-order valence-electron chi connectivity index (χ1n) is 5.04. The van der Waals surface area contributed by atoms with Crippen LogP contribution in [0.5, 0.6) is 0 Å². The van der Waals surface area contributed by atoms with Crippen molar-refractivity contribution in [3.05, 3.63) is 34.9 Å². The molecule has 0 aliphatic carbocycles. The maximum Gasteiger partial charge on any atom is 0.337 e. The summed E-state index contributed by atoms with van der Waals surface area (Å²) in [6, 6.07) is 5.92. The third-order valence-corrected chi connectivity index (χ3v) is 3.03. The van der Waals surface area contributed by atoms with Gasteiger partial charge in [0.05, 0.1) is 12.7 Å². The molecule has 0 atom stereocenters. The molecule has 0 aromatic heterocycles. The van der Waals surface area contributed by atoms with E-state index in [2.05, 4.69) is 37.9 Å². The molecule has 2 nitrogen and oxygen atoms in total. The van der Waals surface area contributed by atoms with Gasteiger partial charge >= 0.3 is 5.97 Å². The van der Waals surface area contributed by atoms with Crippen LogP contribution in [0.15, 0.2) is 18.2 Å². The fourth-order valence-corrected chi connectivity index (χ4v) is 2.42. The molecule has 0 unspecified atom stereocenters. The van der Waals surface area contributed by atoms with Crippen LogP contribution in [0.3, 0.4) is 0 Å². The predicted octanol–water partition coefficient (Wildman–Crippen LogP) is 3.35. The second kappa shape index (κ2) is 7.07. The highest BCUT2D eigenvalue weighted by Gasteiger charge is 2.08. The average molecular weight is 350 g/mol. The number of carbonyl (C=O) groups excluding carboxylic acids is 1. The van der Waals surface area contributed by atoms with Gasteiger partial charge in [0.2, 0.25) is 0 Å². The SMILES string of the molecule is COC(=O)c1cc(CCBr)cc(CCBr)c1. The van der Waals surface area contributed by atoms with E-state index in [1.807, 2.05) is 12.1 Å². The van der Waals surface area contributed by atoms with Crippen LogP contribution in [0.1, 0.15) is 21.5 Å². The molecular formula is C12H14Br2O2. The van der Waals surface area contributed by atoms with Gasteiger partial charge in [-0.2, -0.15) is 0 Å². The fraction of sp³-hybridized carbons (Fsp3) is 0.417. The van der Waals surface area contributed by atoms with Crippen LogP contribution in [-0.4, -0.2) is 23.7 Å². The minimum atomic E-state index is -0.271. The fourth-order valence-electron chi connectivity index (χ4n) is 1.51. The highest BCUT2D eigenvalue weighted by atomic mass is 79.9. The van der Waals surface area contributed by atoms with Gasteiger partial charge in [-0.15, -0.1) is 0 Å². The number of rotatable bonds is 5. The number of halogens is 2. The lowest BCUT2D eigenvalue weighted by atomic mass is 10.0. The Morgan fingerprint density at radius 1 is 1.12 bits per heavy atom. The normalized spacial score (nSPS) is 10.2. The first-order chi connectivity index (χ1) is 7.71. The Kier molecular flexibility index (Phi) is 6.06. The van der Waals surface area contributed by atoms with Crippen molar-refractivity contribution in [1.82, 2.24) is 0 Å². The van der Waals surface area contributed by atoms with E-state index in [1.165, 1.54) is 7.11 Å². The second-order valence-corrected chi connectivity index (χ2v) is 4.99. The maximum absolute atomic E-state index is 11.5. The third-order valence-electron chi connectivity index (χ3n) is 2.24.